The molecule has 0 saturated carbocycles. The third-order valence-corrected chi connectivity index (χ3v) is 4.52. The fraction of sp³-hybridized carbons (Fsp3) is 0.526. The van der Waals surface area contributed by atoms with E-state index in [1.165, 1.54) is 23.1 Å². The van der Waals surface area contributed by atoms with Crippen molar-refractivity contribution in [3.8, 4) is 11.8 Å². The molecule has 7 heteroatoms. The van der Waals surface area contributed by atoms with E-state index in [0.717, 1.165) is 51.4 Å². The van der Waals surface area contributed by atoms with Crippen molar-refractivity contribution in [1.82, 2.24) is 9.88 Å². The van der Waals surface area contributed by atoms with Crippen LogP contribution in [0.2, 0.25) is 0 Å². The summed E-state index contributed by atoms with van der Waals surface area (Å²) in [6.07, 6.45) is 10.8. The molecule has 0 bridgehead atoms. The van der Waals surface area contributed by atoms with Gasteiger partial charge in [-0.05, 0) is 12.8 Å². The molecule has 3 N–H and O–H groups in total. The van der Waals surface area contributed by atoms with Gasteiger partial charge in [0.15, 0.2) is 11.7 Å². The smallest absolute Gasteiger partial charge is 0.253 e. The minimum absolute atomic E-state index is 0.146. The second-order valence-corrected chi connectivity index (χ2v) is 6.58. The van der Waals surface area contributed by atoms with E-state index >= 15 is 0 Å². The number of hydrogen-bond donors (Lipinski definition) is 3. The summed E-state index contributed by atoms with van der Waals surface area (Å²) in [5.41, 5.74) is 0.146. The second-order valence-electron chi connectivity index (χ2n) is 6.58. The summed E-state index contributed by atoms with van der Waals surface area (Å²) in [6, 6.07) is 1.25. The molecule has 0 unspecified atom stereocenters. The molecule has 0 saturated heterocycles. The van der Waals surface area contributed by atoms with Gasteiger partial charge in [-0.25, -0.2) is 0 Å². The Bertz CT molecular complexity index is 659. The van der Waals surface area contributed by atoms with Gasteiger partial charge >= 0.3 is 0 Å². The van der Waals surface area contributed by atoms with E-state index in [-0.39, 0.29) is 34.9 Å². The zero-order chi connectivity index (χ0) is 18.9. The quantitative estimate of drug-likeness (QED) is 0.301. The van der Waals surface area contributed by atoms with Crippen LogP contribution in [0.3, 0.4) is 0 Å². The van der Waals surface area contributed by atoms with Crippen LogP contribution in [0.15, 0.2) is 18.2 Å². The number of ketones is 1. The summed E-state index contributed by atoms with van der Waals surface area (Å²) in [4.78, 5) is 38.2. The molecule has 2 rings (SSSR count). The zero-order valence-corrected chi connectivity index (χ0v) is 14.9. The van der Waals surface area contributed by atoms with Gasteiger partial charge in [-0.3, -0.25) is 24.3 Å². The van der Waals surface area contributed by atoms with Gasteiger partial charge in [0.1, 0.15) is 0 Å². The number of imide groups is 1. The predicted octanol–water partition coefficient (Wildman–Crippen LogP) is 3.04. The number of unbranched alkanes of at least 4 members (excludes halogenated alkanes) is 7. The minimum atomic E-state index is -0.277. The zero-order valence-electron chi connectivity index (χ0n) is 14.9. The van der Waals surface area contributed by atoms with Gasteiger partial charge in [0.2, 0.25) is 5.88 Å². The van der Waals surface area contributed by atoms with Crippen LogP contribution in [0.4, 0.5) is 0 Å². The van der Waals surface area contributed by atoms with E-state index < -0.39 is 0 Å². The van der Waals surface area contributed by atoms with E-state index in [2.05, 4.69) is 4.98 Å². The van der Waals surface area contributed by atoms with Gasteiger partial charge in [0, 0.05) is 31.2 Å². The summed E-state index contributed by atoms with van der Waals surface area (Å²) >= 11 is 0. The lowest BCUT2D eigenvalue weighted by molar-refractivity contribution is -0.136. The number of aromatic hydroxyl groups is 2. The van der Waals surface area contributed by atoms with Crippen LogP contribution >= 0.6 is 0 Å². The third-order valence-electron chi connectivity index (χ3n) is 4.52. The Hall–Kier alpha value is -2.57. The first-order valence-electron chi connectivity index (χ1n) is 9.16. The molecule has 0 radical (unpaired) electrons. The summed E-state index contributed by atoms with van der Waals surface area (Å²) in [7, 11) is 0. The van der Waals surface area contributed by atoms with Crippen molar-refractivity contribution in [1.29, 1.82) is 0 Å². The van der Waals surface area contributed by atoms with Gasteiger partial charge in [-0.2, -0.15) is 0 Å². The number of amides is 2. The fourth-order valence-electron chi connectivity index (χ4n) is 3.04. The van der Waals surface area contributed by atoms with Crippen LogP contribution in [-0.2, 0) is 9.59 Å². The number of nitrogens with zero attached hydrogens (tertiary/aromatic N) is 1. The maximum atomic E-state index is 11.9. The van der Waals surface area contributed by atoms with Gasteiger partial charge < -0.3 is 10.2 Å². The number of aromatic nitrogens is 1. The van der Waals surface area contributed by atoms with Gasteiger partial charge in [0.05, 0.1) is 5.56 Å². The standard InChI is InChI=1S/C19H26N2O5/c22-15(14-13-16(23)20-19(14)26)9-7-5-3-1-2-4-6-8-12-21-17(24)10-11-18(21)25/h10-11,13,20,23,26H,1-9,12H2. The van der Waals surface area contributed by atoms with Crippen molar-refractivity contribution in [3.63, 3.8) is 0 Å². The number of Topliss-reactive ketones (excluding diaryl/α,β-unsaturated/α-hetero) is 1. The van der Waals surface area contributed by atoms with Crippen LogP contribution in [0, 0.1) is 0 Å². The van der Waals surface area contributed by atoms with Crippen LogP contribution in [-0.4, -0.2) is 44.2 Å². The molecule has 1 aromatic rings. The highest BCUT2D eigenvalue weighted by Gasteiger charge is 2.22. The van der Waals surface area contributed by atoms with E-state index in [4.69, 9.17) is 0 Å². The fourth-order valence-corrected chi connectivity index (χ4v) is 3.04. The maximum absolute atomic E-state index is 11.9. The Morgan fingerprint density at radius 2 is 1.42 bits per heavy atom. The van der Waals surface area contributed by atoms with Crippen molar-refractivity contribution in [2.45, 2.75) is 57.8 Å². The lowest BCUT2D eigenvalue weighted by Crippen LogP contribution is -2.30. The second kappa shape index (κ2) is 9.79. The Labute approximate surface area is 152 Å². The largest absolute Gasteiger partial charge is 0.494 e. The molecule has 0 fully saturated rings. The Balaban J connectivity index is 1.44. The summed E-state index contributed by atoms with van der Waals surface area (Å²) in [5, 5.41) is 18.7. The first-order valence-corrected chi connectivity index (χ1v) is 9.16. The highest BCUT2D eigenvalue weighted by Crippen LogP contribution is 2.23. The number of carbonyl (C=O) groups excluding carboxylic acids is 3. The van der Waals surface area contributed by atoms with E-state index in [1.807, 2.05) is 0 Å². The molecule has 0 spiro atoms. The molecule has 2 amide bonds. The number of nitrogens with one attached hydrogen (secondary N) is 1. The Morgan fingerprint density at radius 3 is 1.96 bits per heavy atom. The molecule has 26 heavy (non-hydrogen) atoms. The van der Waals surface area contributed by atoms with Crippen molar-refractivity contribution in [2.24, 2.45) is 0 Å². The molecular weight excluding hydrogens is 336 g/mol. The summed E-state index contributed by atoms with van der Waals surface area (Å²) in [6.45, 7) is 0.494. The Kier molecular flexibility index (Phi) is 7.44. The third kappa shape index (κ3) is 5.75. The van der Waals surface area contributed by atoms with Gasteiger partial charge in [-0.15, -0.1) is 0 Å². The van der Waals surface area contributed by atoms with Crippen LogP contribution < -0.4 is 0 Å². The molecule has 7 nitrogen and oxygen atoms in total. The number of carbonyl (C=O) groups is 3. The molecule has 0 atom stereocenters. The molecule has 0 aromatic carbocycles. The number of H-pyrrole nitrogens is 1. The SMILES string of the molecule is O=C(CCCCCCCCCCN1C(=O)C=CC1=O)c1cc(O)[nH]c1O. The number of rotatable bonds is 12. The molecule has 142 valence electrons. The van der Waals surface area contributed by atoms with Crippen molar-refractivity contribution in [2.75, 3.05) is 6.54 Å². The summed E-state index contributed by atoms with van der Waals surface area (Å²) in [5.74, 6) is -1.08. The van der Waals surface area contributed by atoms with Gasteiger partial charge in [-0.1, -0.05) is 38.5 Å². The predicted molar refractivity (Wildman–Crippen MR) is 95.9 cm³/mol. The van der Waals surface area contributed by atoms with Crippen molar-refractivity contribution >= 4 is 17.6 Å². The first kappa shape index (κ1) is 19.8. The van der Waals surface area contributed by atoms with E-state index in [9.17, 15) is 24.6 Å². The Morgan fingerprint density at radius 1 is 0.885 bits per heavy atom. The van der Waals surface area contributed by atoms with Crippen LogP contribution in [0.5, 0.6) is 11.8 Å². The molecule has 0 aliphatic carbocycles. The molecule has 1 aliphatic rings. The molecule has 2 heterocycles. The minimum Gasteiger partial charge on any atom is -0.494 e. The average Bonchev–Trinajstić information content (AvgIpc) is 3.11. The first-order chi connectivity index (χ1) is 12.5. The number of aromatic amines is 1. The van der Waals surface area contributed by atoms with E-state index in [1.54, 1.807) is 0 Å². The normalized spacial score (nSPS) is 13.8. The highest BCUT2D eigenvalue weighted by molar-refractivity contribution is 6.12. The maximum Gasteiger partial charge on any atom is 0.253 e. The monoisotopic (exact) mass is 362 g/mol. The summed E-state index contributed by atoms with van der Waals surface area (Å²) < 4.78 is 0. The molecular formula is C19H26N2O5. The lowest BCUT2D eigenvalue weighted by atomic mass is 10.0. The number of hydrogen-bond acceptors (Lipinski definition) is 5. The van der Waals surface area contributed by atoms with Crippen molar-refractivity contribution < 1.29 is 24.6 Å². The van der Waals surface area contributed by atoms with Gasteiger partial charge in [0.25, 0.3) is 11.8 Å². The highest BCUT2D eigenvalue weighted by atomic mass is 16.3. The van der Waals surface area contributed by atoms with Crippen molar-refractivity contribution in [3.05, 3.63) is 23.8 Å². The van der Waals surface area contributed by atoms with E-state index in [0.29, 0.717) is 13.0 Å². The lowest BCUT2D eigenvalue weighted by Gasteiger charge is -2.12. The molecule has 1 aliphatic heterocycles. The molecule has 1 aromatic heterocycles. The van der Waals surface area contributed by atoms with Crippen LogP contribution in [0.25, 0.3) is 0 Å². The van der Waals surface area contributed by atoms with Crippen LogP contribution in [0.1, 0.15) is 68.1 Å². The average molecular weight is 362 g/mol. The topological polar surface area (TPSA) is 111 Å².